The van der Waals surface area contributed by atoms with Crippen LogP contribution < -0.4 is 5.32 Å². The average molecular weight is 217 g/mol. The van der Waals surface area contributed by atoms with E-state index in [9.17, 15) is 4.79 Å². The topological polar surface area (TPSA) is 29.1 Å². The number of Topliss-reactive ketones (excluding diaryl/α,β-unsaturated/α-hetero) is 1. The van der Waals surface area contributed by atoms with Crippen LogP contribution in [-0.4, -0.2) is 18.9 Å². The fourth-order valence-electron chi connectivity index (χ4n) is 2.38. The molecule has 1 aromatic rings. The second kappa shape index (κ2) is 4.38. The molecule has 0 bridgehead atoms. The lowest BCUT2D eigenvalue weighted by Gasteiger charge is -2.32. The molecule has 0 amide bonds. The Bertz CT molecular complexity index is 391. The van der Waals surface area contributed by atoms with Gasteiger partial charge in [-0.1, -0.05) is 30.7 Å². The molecule has 1 aromatic carbocycles. The monoisotopic (exact) mass is 217 g/mol. The van der Waals surface area contributed by atoms with Crippen molar-refractivity contribution in [3.8, 4) is 0 Å². The molecule has 2 heteroatoms. The van der Waals surface area contributed by atoms with Gasteiger partial charge in [-0.3, -0.25) is 4.79 Å². The molecule has 1 atom stereocenters. The highest BCUT2D eigenvalue weighted by Crippen LogP contribution is 2.29. The van der Waals surface area contributed by atoms with Crippen molar-refractivity contribution in [2.75, 3.05) is 13.1 Å². The fourth-order valence-corrected chi connectivity index (χ4v) is 2.38. The Balaban J connectivity index is 2.24. The third kappa shape index (κ3) is 2.17. The number of piperidine rings is 1. The molecule has 2 rings (SSSR count). The van der Waals surface area contributed by atoms with Crippen molar-refractivity contribution >= 4 is 5.78 Å². The second-order valence-corrected chi connectivity index (χ2v) is 5.04. The third-order valence-corrected chi connectivity index (χ3v) is 3.43. The highest BCUT2D eigenvalue weighted by molar-refractivity contribution is 6.00. The summed E-state index contributed by atoms with van der Waals surface area (Å²) >= 11 is 0. The lowest BCUT2D eigenvalue weighted by molar-refractivity contribution is 0.0773. The summed E-state index contributed by atoms with van der Waals surface area (Å²) in [6, 6.07) is 7.90. The molecule has 0 spiro atoms. The molecule has 1 saturated heterocycles. The van der Waals surface area contributed by atoms with E-state index in [0.717, 1.165) is 37.1 Å². The zero-order valence-electron chi connectivity index (χ0n) is 10.0. The molecule has 86 valence electrons. The molecule has 1 heterocycles. The highest BCUT2D eigenvalue weighted by Gasteiger charge is 2.34. The van der Waals surface area contributed by atoms with E-state index in [0.29, 0.717) is 0 Å². The van der Waals surface area contributed by atoms with Gasteiger partial charge >= 0.3 is 0 Å². The molecule has 0 aliphatic carbocycles. The van der Waals surface area contributed by atoms with Crippen molar-refractivity contribution in [3.63, 3.8) is 0 Å². The molecule has 2 nitrogen and oxygen atoms in total. The number of hydrogen-bond donors (Lipinski definition) is 1. The fraction of sp³-hybridized carbons (Fsp3) is 0.500. The van der Waals surface area contributed by atoms with Crippen molar-refractivity contribution < 1.29 is 4.79 Å². The summed E-state index contributed by atoms with van der Waals surface area (Å²) in [6.07, 6.45) is 2.08. The number of nitrogens with one attached hydrogen (secondary N) is 1. The number of ketones is 1. The van der Waals surface area contributed by atoms with E-state index in [4.69, 9.17) is 0 Å². The second-order valence-electron chi connectivity index (χ2n) is 5.04. The van der Waals surface area contributed by atoms with Crippen LogP contribution in [0.15, 0.2) is 24.3 Å². The van der Waals surface area contributed by atoms with Crippen LogP contribution in [0.5, 0.6) is 0 Å². The van der Waals surface area contributed by atoms with Gasteiger partial charge in [0.1, 0.15) is 0 Å². The SMILES string of the molecule is Cc1cccc(C(=O)C2(C)CCCNC2)c1. The number of benzene rings is 1. The van der Waals surface area contributed by atoms with Gasteiger partial charge in [0.15, 0.2) is 5.78 Å². The van der Waals surface area contributed by atoms with Crippen molar-refractivity contribution in [1.29, 1.82) is 0 Å². The summed E-state index contributed by atoms with van der Waals surface area (Å²) in [5.74, 6) is 0.281. The number of carbonyl (C=O) groups is 1. The summed E-state index contributed by atoms with van der Waals surface area (Å²) in [6.45, 7) is 5.94. The molecular weight excluding hydrogens is 198 g/mol. The molecule has 16 heavy (non-hydrogen) atoms. The van der Waals surface area contributed by atoms with Gasteiger partial charge in [0, 0.05) is 17.5 Å². The summed E-state index contributed by atoms with van der Waals surface area (Å²) in [5.41, 5.74) is 1.79. The maximum atomic E-state index is 12.4. The van der Waals surface area contributed by atoms with Crippen LogP contribution in [0.3, 0.4) is 0 Å². The number of aryl methyl sites for hydroxylation is 1. The molecule has 0 aromatic heterocycles. The Morgan fingerprint density at radius 1 is 1.44 bits per heavy atom. The Hall–Kier alpha value is -1.15. The largest absolute Gasteiger partial charge is 0.316 e. The lowest BCUT2D eigenvalue weighted by atomic mass is 9.76. The summed E-state index contributed by atoms with van der Waals surface area (Å²) < 4.78 is 0. The average Bonchev–Trinajstić information content (AvgIpc) is 2.29. The number of carbonyl (C=O) groups excluding carboxylic acids is 1. The van der Waals surface area contributed by atoms with Gasteiger partial charge in [-0.15, -0.1) is 0 Å². The summed E-state index contributed by atoms with van der Waals surface area (Å²) in [4.78, 5) is 12.4. The van der Waals surface area contributed by atoms with E-state index in [-0.39, 0.29) is 11.2 Å². The highest BCUT2D eigenvalue weighted by atomic mass is 16.1. The van der Waals surface area contributed by atoms with E-state index >= 15 is 0 Å². The van der Waals surface area contributed by atoms with Crippen molar-refractivity contribution in [3.05, 3.63) is 35.4 Å². The van der Waals surface area contributed by atoms with Gasteiger partial charge in [0.25, 0.3) is 0 Å². The lowest BCUT2D eigenvalue weighted by Crippen LogP contribution is -2.43. The van der Waals surface area contributed by atoms with E-state index in [2.05, 4.69) is 12.2 Å². The molecule has 1 aliphatic rings. The molecule has 0 saturated carbocycles. The Morgan fingerprint density at radius 2 is 2.25 bits per heavy atom. The normalized spacial score (nSPS) is 25.4. The van der Waals surface area contributed by atoms with E-state index in [1.807, 2.05) is 31.2 Å². The first kappa shape index (κ1) is 11.3. The molecule has 1 aliphatic heterocycles. The predicted octanol–water partition coefficient (Wildman–Crippen LogP) is 2.57. The van der Waals surface area contributed by atoms with Crippen molar-refractivity contribution in [2.24, 2.45) is 5.41 Å². The molecule has 0 radical (unpaired) electrons. The van der Waals surface area contributed by atoms with Crippen LogP contribution in [0.25, 0.3) is 0 Å². The van der Waals surface area contributed by atoms with Crippen LogP contribution >= 0.6 is 0 Å². The minimum absolute atomic E-state index is 0.216. The van der Waals surface area contributed by atoms with Crippen LogP contribution in [0.4, 0.5) is 0 Å². The first-order valence-electron chi connectivity index (χ1n) is 5.94. The Morgan fingerprint density at radius 3 is 2.88 bits per heavy atom. The van der Waals surface area contributed by atoms with Gasteiger partial charge in [0.2, 0.25) is 0 Å². The van der Waals surface area contributed by atoms with Crippen molar-refractivity contribution in [2.45, 2.75) is 26.7 Å². The minimum Gasteiger partial charge on any atom is -0.316 e. The standard InChI is InChI=1S/C14H19NO/c1-11-5-3-6-12(9-11)13(16)14(2)7-4-8-15-10-14/h3,5-6,9,15H,4,7-8,10H2,1-2H3. The maximum Gasteiger partial charge on any atom is 0.170 e. The quantitative estimate of drug-likeness (QED) is 0.771. The smallest absolute Gasteiger partial charge is 0.170 e. The zero-order chi connectivity index (χ0) is 11.6. The predicted molar refractivity (Wildman–Crippen MR) is 65.7 cm³/mol. The van der Waals surface area contributed by atoms with E-state index in [1.54, 1.807) is 0 Å². The molecule has 1 unspecified atom stereocenters. The maximum absolute atomic E-state index is 12.4. The summed E-state index contributed by atoms with van der Waals surface area (Å²) in [7, 11) is 0. The van der Waals surface area contributed by atoms with Crippen molar-refractivity contribution in [1.82, 2.24) is 5.32 Å². The molecule has 1 fully saturated rings. The van der Waals surface area contributed by atoms with Gasteiger partial charge in [-0.05, 0) is 32.4 Å². The van der Waals surface area contributed by atoms with Gasteiger partial charge in [0.05, 0.1) is 0 Å². The minimum atomic E-state index is -0.216. The van der Waals surface area contributed by atoms with Crippen LogP contribution in [0, 0.1) is 12.3 Å². The number of rotatable bonds is 2. The number of hydrogen-bond acceptors (Lipinski definition) is 2. The molecule has 1 N–H and O–H groups in total. The molecular formula is C14H19NO. The van der Waals surface area contributed by atoms with Crippen LogP contribution in [0.2, 0.25) is 0 Å². The Labute approximate surface area is 97.1 Å². The van der Waals surface area contributed by atoms with E-state index < -0.39 is 0 Å². The summed E-state index contributed by atoms with van der Waals surface area (Å²) in [5, 5.41) is 3.32. The van der Waals surface area contributed by atoms with Gasteiger partial charge in [-0.25, -0.2) is 0 Å². The van der Waals surface area contributed by atoms with Crippen LogP contribution in [-0.2, 0) is 0 Å². The van der Waals surface area contributed by atoms with Crippen LogP contribution in [0.1, 0.15) is 35.7 Å². The van der Waals surface area contributed by atoms with Gasteiger partial charge in [-0.2, -0.15) is 0 Å². The third-order valence-electron chi connectivity index (χ3n) is 3.43. The first-order valence-corrected chi connectivity index (χ1v) is 5.94. The van der Waals surface area contributed by atoms with E-state index in [1.165, 1.54) is 0 Å². The Kier molecular flexibility index (Phi) is 3.10. The first-order chi connectivity index (χ1) is 7.62. The van der Waals surface area contributed by atoms with Gasteiger partial charge < -0.3 is 5.32 Å². The zero-order valence-corrected chi connectivity index (χ0v) is 10.0.